The van der Waals surface area contributed by atoms with Crippen molar-refractivity contribution in [3.63, 3.8) is 0 Å². The molecule has 0 aromatic carbocycles. The summed E-state index contributed by atoms with van der Waals surface area (Å²) in [5.41, 5.74) is 0. The molecule has 0 spiro atoms. The molecule has 1 unspecified atom stereocenters. The van der Waals surface area contributed by atoms with Crippen molar-refractivity contribution in [1.82, 2.24) is 10.3 Å². The maximum Gasteiger partial charge on any atom is 0.330 e. The van der Waals surface area contributed by atoms with Gasteiger partial charge in [0.15, 0.2) is 6.04 Å². The minimum atomic E-state index is -0.393. The summed E-state index contributed by atoms with van der Waals surface area (Å²) in [4.78, 5) is 15.7. The molecule has 1 fully saturated rings. The van der Waals surface area contributed by atoms with Gasteiger partial charge in [0.1, 0.15) is 5.01 Å². The third-order valence-corrected chi connectivity index (χ3v) is 3.28. The normalized spacial score (nSPS) is 17.4. The van der Waals surface area contributed by atoms with E-state index < -0.39 is 6.04 Å². The number of ether oxygens (including phenoxy) is 1. The van der Waals surface area contributed by atoms with Crippen LogP contribution in [0.1, 0.15) is 23.9 Å². The number of esters is 1. The first-order valence-corrected chi connectivity index (χ1v) is 5.90. The Morgan fingerprint density at radius 2 is 2.60 bits per heavy atom. The number of nitrogens with zero attached hydrogens (tertiary/aromatic N) is 1. The van der Waals surface area contributed by atoms with E-state index >= 15 is 0 Å². The first-order valence-electron chi connectivity index (χ1n) is 5.02. The van der Waals surface area contributed by atoms with Gasteiger partial charge in [0.05, 0.1) is 7.11 Å². The molecule has 0 saturated heterocycles. The third-order valence-electron chi connectivity index (χ3n) is 2.44. The van der Waals surface area contributed by atoms with Gasteiger partial charge in [0, 0.05) is 11.6 Å². The maximum absolute atomic E-state index is 11.5. The number of nitrogens with one attached hydrogen (secondary N) is 1. The van der Waals surface area contributed by atoms with Gasteiger partial charge < -0.3 is 4.74 Å². The van der Waals surface area contributed by atoms with E-state index in [1.807, 2.05) is 5.38 Å². The molecule has 1 saturated carbocycles. The molecule has 1 atom stereocenters. The first kappa shape index (κ1) is 10.6. The Morgan fingerprint density at radius 1 is 1.80 bits per heavy atom. The highest BCUT2D eigenvalue weighted by Crippen LogP contribution is 2.29. The van der Waals surface area contributed by atoms with Crippen LogP contribution in [0.25, 0.3) is 0 Å². The number of methoxy groups -OCH3 is 1. The Kier molecular flexibility index (Phi) is 3.33. The summed E-state index contributed by atoms with van der Waals surface area (Å²) in [5.74, 6) is 0.475. The molecule has 0 bridgehead atoms. The van der Waals surface area contributed by atoms with Gasteiger partial charge in [-0.2, -0.15) is 0 Å². The van der Waals surface area contributed by atoms with Crippen molar-refractivity contribution in [3.8, 4) is 0 Å². The summed E-state index contributed by atoms with van der Waals surface area (Å²) in [7, 11) is 1.40. The average molecular weight is 226 g/mol. The number of thiazole rings is 1. The zero-order valence-electron chi connectivity index (χ0n) is 8.60. The van der Waals surface area contributed by atoms with Crippen molar-refractivity contribution in [3.05, 3.63) is 16.6 Å². The van der Waals surface area contributed by atoms with Crippen molar-refractivity contribution < 1.29 is 9.53 Å². The van der Waals surface area contributed by atoms with E-state index in [1.54, 1.807) is 6.20 Å². The van der Waals surface area contributed by atoms with Crippen LogP contribution >= 0.6 is 11.3 Å². The first-order chi connectivity index (χ1) is 7.31. The largest absolute Gasteiger partial charge is 0.468 e. The molecule has 1 aliphatic carbocycles. The number of rotatable bonds is 5. The second-order valence-electron chi connectivity index (χ2n) is 3.68. The molecule has 82 valence electrons. The molecule has 5 heteroatoms. The van der Waals surface area contributed by atoms with Gasteiger partial charge in [-0.3, -0.25) is 5.32 Å². The molecule has 0 aliphatic heterocycles. The van der Waals surface area contributed by atoms with Crippen molar-refractivity contribution in [2.24, 2.45) is 5.92 Å². The monoisotopic (exact) mass is 226 g/mol. The van der Waals surface area contributed by atoms with E-state index in [0.29, 0.717) is 0 Å². The van der Waals surface area contributed by atoms with Gasteiger partial charge >= 0.3 is 5.97 Å². The van der Waals surface area contributed by atoms with Crippen LogP contribution in [0.4, 0.5) is 0 Å². The van der Waals surface area contributed by atoms with E-state index in [-0.39, 0.29) is 5.97 Å². The lowest BCUT2D eigenvalue weighted by atomic mass is 10.3. The summed E-state index contributed by atoms with van der Waals surface area (Å²) in [5, 5.41) is 5.85. The second kappa shape index (κ2) is 4.72. The molecule has 1 heterocycles. The van der Waals surface area contributed by atoms with Gasteiger partial charge in [0.25, 0.3) is 0 Å². The Morgan fingerprint density at radius 3 is 3.13 bits per heavy atom. The molecule has 1 aromatic rings. The fourth-order valence-corrected chi connectivity index (χ4v) is 2.07. The van der Waals surface area contributed by atoms with E-state index in [1.165, 1.54) is 31.3 Å². The number of aromatic nitrogens is 1. The highest BCUT2D eigenvalue weighted by molar-refractivity contribution is 7.09. The zero-order valence-corrected chi connectivity index (χ0v) is 9.42. The lowest BCUT2D eigenvalue weighted by Gasteiger charge is -2.13. The van der Waals surface area contributed by atoms with Gasteiger partial charge in [-0.05, 0) is 25.3 Å². The SMILES string of the molecule is COC(=O)C(NCC1CC1)c1nccs1. The molecule has 0 amide bonds. The van der Waals surface area contributed by atoms with Crippen LogP contribution in [0.2, 0.25) is 0 Å². The minimum absolute atomic E-state index is 0.259. The molecule has 15 heavy (non-hydrogen) atoms. The van der Waals surface area contributed by atoms with Gasteiger partial charge in [-0.15, -0.1) is 11.3 Å². The number of carbonyl (C=O) groups excluding carboxylic acids is 1. The fraction of sp³-hybridized carbons (Fsp3) is 0.600. The smallest absolute Gasteiger partial charge is 0.330 e. The van der Waals surface area contributed by atoms with Crippen LogP contribution in [-0.2, 0) is 9.53 Å². The fourth-order valence-electron chi connectivity index (χ4n) is 1.37. The van der Waals surface area contributed by atoms with Crippen LogP contribution in [-0.4, -0.2) is 24.6 Å². The van der Waals surface area contributed by atoms with E-state index in [4.69, 9.17) is 4.74 Å². The summed E-state index contributed by atoms with van der Waals surface area (Å²) in [6.07, 6.45) is 4.23. The Hall–Kier alpha value is -0.940. The summed E-state index contributed by atoms with van der Waals surface area (Å²) < 4.78 is 4.75. The lowest BCUT2D eigenvalue weighted by Crippen LogP contribution is -2.31. The topological polar surface area (TPSA) is 51.2 Å². The maximum atomic E-state index is 11.5. The predicted molar refractivity (Wildman–Crippen MR) is 57.6 cm³/mol. The van der Waals surface area contributed by atoms with Crippen LogP contribution in [0, 0.1) is 5.92 Å². The standard InChI is InChI=1S/C10H14N2O2S/c1-14-10(13)8(9-11-4-5-15-9)12-6-7-2-3-7/h4-5,7-8,12H,2-3,6H2,1H3. The molecular formula is C10H14N2O2S. The summed E-state index contributed by atoms with van der Waals surface area (Å²) in [6, 6.07) is -0.393. The number of hydrogen-bond acceptors (Lipinski definition) is 5. The third kappa shape index (κ3) is 2.76. The van der Waals surface area contributed by atoms with Crippen molar-refractivity contribution in [2.75, 3.05) is 13.7 Å². The van der Waals surface area contributed by atoms with Gasteiger partial charge in [0.2, 0.25) is 0 Å². The van der Waals surface area contributed by atoms with Gasteiger partial charge in [-0.1, -0.05) is 0 Å². The Labute approximate surface area is 92.7 Å². The summed E-state index contributed by atoms with van der Waals surface area (Å²) in [6.45, 7) is 0.874. The molecule has 1 aromatic heterocycles. The molecule has 2 rings (SSSR count). The average Bonchev–Trinajstić information content (AvgIpc) is 2.92. The number of hydrogen-bond donors (Lipinski definition) is 1. The molecule has 1 aliphatic rings. The Bertz CT molecular complexity index is 322. The van der Waals surface area contributed by atoms with Crippen LogP contribution in [0.15, 0.2) is 11.6 Å². The molecule has 1 N–H and O–H groups in total. The number of carbonyl (C=O) groups is 1. The highest BCUT2D eigenvalue weighted by atomic mass is 32.1. The lowest BCUT2D eigenvalue weighted by molar-refractivity contribution is -0.143. The van der Waals surface area contributed by atoms with Crippen molar-refractivity contribution >= 4 is 17.3 Å². The molecule has 0 radical (unpaired) electrons. The van der Waals surface area contributed by atoms with Crippen molar-refractivity contribution in [2.45, 2.75) is 18.9 Å². The molecular weight excluding hydrogens is 212 g/mol. The van der Waals surface area contributed by atoms with Crippen LogP contribution in [0.5, 0.6) is 0 Å². The van der Waals surface area contributed by atoms with Crippen LogP contribution < -0.4 is 5.32 Å². The Balaban J connectivity index is 1.98. The van der Waals surface area contributed by atoms with Crippen molar-refractivity contribution in [1.29, 1.82) is 0 Å². The predicted octanol–water partition coefficient (Wildman–Crippen LogP) is 1.36. The van der Waals surface area contributed by atoms with E-state index in [2.05, 4.69) is 10.3 Å². The molecule has 4 nitrogen and oxygen atoms in total. The quantitative estimate of drug-likeness (QED) is 0.770. The summed E-state index contributed by atoms with van der Waals surface area (Å²) >= 11 is 1.47. The zero-order chi connectivity index (χ0) is 10.7. The van der Waals surface area contributed by atoms with E-state index in [9.17, 15) is 4.79 Å². The van der Waals surface area contributed by atoms with Crippen LogP contribution in [0.3, 0.4) is 0 Å². The van der Waals surface area contributed by atoms with E-state index in [0.717, 1.165) is 17.5 Å². The second-order valence-corrected chi connectivity index (χ2v) is 4.60. The minimum Gasteiger partial charge on any atom is -0.468 e. The van der Waals surface area contributed by atoms with Gasteiger partial charge in [-0.25, -0.2) is 9.78 Å². The highest BCUT2D eigenvalue weighted by Gasteiger charge is 2.27.